The van der Waals surface area contributed by atoms with Crippen molar-refractivity contribution < 1.29 is 47.9 Å². The van der Waals surface area contributed by atoms with Crippen molar-refractivity contribution in [3.05, 3.63) is 77.9 Å². The van der Waals surface area contributed by atoms with Gasteiger partial charge in [-0.25, -0.2) is 4.79 Å². The molecule has 0 unspecified atom stereocenters. The predicted octanol–water partition coefficient (Wildman–Crippen LogP) is 0.281. The Hall–Kier alpha value is -6.59. The van der Waals surface area contributed by atoms with Crippen LogP contribution >= 0.6 is 0 Å². The highest BCUT2D eigenvalue weighted by molar-refractivity contribution is 6.12. The lowest BCUT2D eigenvalue weighted by Crippen LogP contribution is -2.52. The number of nitrogens with one attached hydrogen (secondary N) is 6. The van der Waals surface area contributed by atoms with Crippen molar-refractivity contribution in [3.63, 3.8) is 0 Å². The Morgan fingerprint density at radius 2 is 1.32 bits per heavy atom. The van der Waals surface area contributed by atoms with E-state index in [2.05, 4.69) is 31.9 Å². The minimum Gasteiger partial charge on any atom is -0.445 e. The highest BCUT2D eigenvalue weighted by Crippen LogP contribution is 2.12. The second-order valence-corrected chi connectivity index (χ2v) is 13.1. The van der Waals surface area contributed by atoms with E-state index in [0.29, 0.717) is 49.9 Å². The Balaban J connectivity index is 1.37. The maximum Gasteiger partial charge on any atom is 0.409 e. The van der Waals surface area contributed by atoms with Crippen LogP contribution in [0.25, 0.3) is 0 Å². The van der Waals surface area contributed by atoms with Crippen LogP contribution in [0.5, 0.6) is 0 Å². The molecule has 0 saturated carbocycles. The number of unbranched alkanes of at least 4 members (excludes halogenated alkanes) is 2. The number of hydrogen-bond donors (Lipinski definition) is 6. The van der Waals surface area contributed by atoms with E-state index in [1.165, 1.54) is 17.1 Å². The van der Waals surface area contributed by atoms with Gasteiger partial charge in [0.15, 0.2) is 0 Å². The first-order chi connectivity index (χ1) is 27.3. The Labute approximate surface area is 330 Å². The lowest BCUT2D eigenvalue weighted by Gasteiger charge is -2.19. The number of rotatable bonds is 23. The first-order valence-electron chi connectivity index (χ1n) is 18.5. The van der Waals surface area contributed by atoms with E-state index in [9.17, 15) is 43.2 Å². The van der Waals surface area contributed by atoms with Gasteiger partial charge in [-0.2, -0.15) is 0 Å². The van der Waals surface area contributed by atoms with Crippen molar-refractivity contribution in [3.8, 4) is 0 Å². The third-order valence-electron chi connectivity index (χ3n) is 8.52. The predicted molar refractivity (Wildman–Crippen MR) is 207 cm³/mol. The zero-order valence-electron chi connectivity index (χ0n) is 32.1. The molecule has 2 aromatic rings. The molecule has 0 aliphatic carbocycles. The number of imide groups is 1. The number of anilines is 1. The standard InChI is InChI=1S/C39H50N8O10/c1-40-31(48)13-9-20-46(2)39(56)57-26-28-14-16-29(17-15-28)44-34(51)25-43-38(55)30(22-27-10-5-3-6-11-27)45-35(52)24-42-33(50)23-41-32(49)12-7-4-8-21-47-36(53)18-19-37(47)54/h3,5-6,10-11,14-19,30H,4,7-9,12-13,20-26H2,1-2H3,(H,40,48)(H,41,49)(H,42,50)(H,43,55)(H,44,51)(H,45,52)/t30-/m0/s1. The number of ether oxygens (including phenoxy) is 1. The number of carbonyl (C=O) groups excluding carboxylic acids is 9. The summed E-state index contributed by atoms with van der Waals surface area (Å²) in [6.07, 6.45) is 4.54. The molecule has 0 radical (unpaired) electrons. The molecular formula is C39H50N8O10. The van der Waals surface area contributed by atoms with Crippen LogP contribution in [-0.2, 0) is 56.1 Å². The van der Waals surface area contributed by atoms with Gasteiger partial charge in [0.2, 0.25) is 35.4 Å². The number of benzene rings is 2. The Morgan fingerprint density at radius 1 is 0.684 bits per heavy atom. The molecule has 306 valence electrons. The van der Waals surface area contributed by atoms with Gasteiger partial charge in [-0.05, 0) is 42.5 Å². The molecule has 18 nitrogen and oxygen atoms in total. The molecule has 0 saturated heterocycles. The Kier molecular flexibility index (Phi) is 18.9. The van der Waals surface area contributed by atoms with Crippen molar-refractivity contribution in [1.82, 2.24) is 36.4 Å². The molecule has 0 fully saturated rings. The van der Waals surface area contributed by atoms with Crippen molar-refractivity contribution in [2.45, 2.75) is 57.6 Å². The molecule has 9 amide bonds. The van der Waals surface area contributed by atoms with Crippen molar-refractivity contribution in [2.24, 2.45) is 0 Å². The maximum absolute atomic E-state index is 13.2. The fourth-order valence-electron chi connectivity index (χ4n) is 5.33. The number of carbonyl (C=O) groups is 9. The van der Waals surface area contributed by atoms with Gasteiger partial charge in [0.25, 0.3) is 11.8 Å². The van der Waals surface area contributed by atoms with Gasteiger partial charge >= 0.3 is 6.09 Å². The molecule has 3 rings (SSSR count). The summed E-state index contributed by atoms with van der Waals surface area (Å²) < 4.78 is 5.30. The van der Waals surface area contributed by atoms with Gasteiger partial charge in [-0.3, -0.25) is 43.3 Å². The quantitative estimate of drug-likeness (QED) is 0.0664. The summed E-state index contributed by atoms with van der Waals surface area (Å²) in [5.74, 6) is -3.65. The SMILES string of the molecule is CNC(=O)CCCN(C)C(=O)OCc1ccc(NC(=O)CNC(=O)[C@H](Cc2ccccc2)NC(=O)CNC(=O)CNC(=O)CCCCCN2C(=O)C=CC2=O)cc1. The molecule has 0 bridgehead atoms. The van der Waals surface area contributed by atoms with E-state index in [4.69, 9.17) is 4.74 Å². The second kappa shape index (κ2) is 24.0. The highest BCUT2D eigenvalue weighted by Gasteiger charge is 2.23. The number of hydrogen-bond acceptors (Lipinski definition) is 10. The fourth-order valence-corrected chi connectivity index (χ4v) is 5.33. The molecule has 1 aliphatic heterocycles. The molecule has 6 N–H and O–H groups in total. The first kappa shape index (κ1) is 44.8. The molecule has 57 heavy (non-hydrogen) atoms. The summed E-state index contributed by atoms with van der Waals surface area (Å²) in [7, 11) is 3.12. The topological polar surface area (TPSA) is 242 Å². The normalized spacial score (nSPS) is 12.3. The minimum atomic E-state index is -1.08. The van der Waals surface area contributed by atoms with Crippen LogP contribution in [0.3, 0.4) is 0 Å². The second-order valence-electron chi connectivity index (χ2n) is 13.1. The van der Waals surface area contributed by atoms with Crippen LogP contribution in [-0.4, -0.2) is 116 Å². The monoisotopic (exact) mass is 790 g/mol. The van der Waals surface area contributed by atoms with Gasteiger partial charge in [-0.1, -0.05) is 48.9 Å². The van der Waals surface area contributed by atoms with Gasteiger partial charge in [-0.15, -0.1) is 0 Å². The number of amides is 9. The largest absolute Gasteiger partial charge is 0.445 e. The molecule has 1 aliphatic rings. The molecular weight excluding hydrogens is 740 g/mol. The summed E-state index contributed by atoms with van der Waals surface area (Å²) in [6, 6.07) is 14.4. The minimum absolute atomic E-state index is 0.00618. The summed E-state index contributed by atoms with van der Waals surface area (Å²) in [6.45, 7) is -0.627. The van der Waals surface area contributed by atoms with Crippen LogP contribution in [0.1, 0.15) is 49.7 Å². The van der Waals surface area contributed by atoms with Gasteiger partial charge in [0.05, 0.1) is 19.6 Å². The fraction of sp³-hybridized carbons (Fsp3) is 0.410. The van der Waals surface area contributed by atoms with E-state index in [1.807, 2.05) is 0 Å². The van der Waals surface area contributed by atoms with E-state index >= 15 is 0 Å². The van der Waals surface area contributed by atoms with Crippen LogP contribution < -0.4 is 31.9 Å². The third kappa shape index (κ3) is 17.2. The van der Waals surface area contributed by atoms with Gasteiger partial charge in [0, 0.05) is 64.3 Å². The first-order valence-corrected chi connectivity index (χ1v) is 18.5. The summed E-state index contributed by atoms with van der Waals surface area (Å²) in [4.78, 5) is 112. The zero-order chi connectivity index (χ0) is 41.6. The summed E-state index contributed by atoms with van der Waals surface area (Å²) in [5, 5.41) is 15.2. The van der Waals surface area contributed by atoms with Gasteiger partial charge in [0.1, 0.15) is 12.6 Å². The van der Waals surface area contributed by atoms with Crippen LogP contribution in [0.2, 0.25) is 0 Å². The lowest BCUT2D eigenvalue weighted by atomic mass is 10.1. The average molecular weight is 791 g/mol. The highest BCUT2D eigenvalue weighted by atomic mass is 16.6. The van der Waals surface area contributed by atoms with Crippen molar-refractivity contribution >= 4 is 59.0 Å². The van der Waals surface area contributed by atoms with E-state index in [-0.39, 0.29) is 56.2 Å². The lowest BCUT2D eigenvalue weighted by molar-refractivity contribution is -0.137. The molecule has 0 aromatic heterocycles. The Morgan fingerprint density at radius 3 is 2.00 bits per heavy atom. The molecule has 0 spiro atoms. The van der Waals surface area contributed by atoms with Crippen molar-refractivity contribution in [2.75, 3.05) is 52.1 Å². The summed E-state index contributed by atoms with van der Waals surface area (Å²) >= 11 is 0. The average Bonchev–Trinajstić information content (AvgIpc) is 3.53. The number of nitrogens with zero attached hydrogens (tertiary/aromatic N) is 2. The van der Waals surface area contributed by atoms with Crippen LogP contribution in [0, 0.1) is 0 Å². The van der Waals surface area contributed by atoms with Crippen LogP contribution in [0.15, 0.2) is 66.7 Å². The third-order valence-corrected chi connectivity index (χ3v) is 8.52. The van der Waals surface area contributed by atoms with Crippen LogP contribution in [0.4, 0.5) is 10.5 Å². The van der Waals surface area contributed by atoms with Gasteiger partial charge < -0.3 is 41.5 Å². The molecule has 1 atom stereocenters. The molecule has 18 heteroatoms. The molecule has 2 aromatic carbocycles. The maximum atomic E-state index is 13.2. The van der Waals surface area contributed by atoms with E-state index in [1.54, 1.807) is 68.7 Å². The summed E-state index contributed by atoms with van der Waals surface area (Å²) in [5.41, 5.74) is 1.84. The van der Waals surface area contributed by atoms with E-state index < -0.39 is 48.9 Å². The van der Waals surface area contributed by atoms with E-state index in [0.717, 1.165) is 10.5 Å². The Bertz CT molecular complexity index is 1750. The zero-order valence-corrected chi connectivity index (χ0v) is 32.1. The molecule has 1 heterocycles. The smallest absolute Gasteiger partial charge is 0.409 e. The van der Waals surface area contributed by atoms with Crippen molar-refractivity contribution in [1.29, 1.82) is 0 Å².